The normalized spacial score (nSPS) is 11.8. The van der Waals surface area contributed by atoms with Crippen LogP contribution in [0.4, 0.5) is 0 Å². The molecule has 5 heteroatoms. The smallest absolute Gasteiger partial charge is 0.258 e. The highest BCUT2D eigenvalue weighted by molar-refractivity contribution is 9.10. The van der Waals surface area contributed by atoms with Gasteiger partial charge < -0.3 is 10.1 Å². The van der Waals surface area contributed by atoms with Crippen LogP contribution < -0.4 is 10.1 Å². The molecule has 1 N–H and O–H groups in total. The van der Waals surface area contributed by atoms with E-state index in [4.69, 9.17) is 16.3 Å². The third-order valence-electron chi connectivity index (χ3n) is 2.93. The number of carbonyl (C=O) groups is 1. The Bertz CT molecular complexity index is 619. The minimum absolute atomic E-state index is 0.0670. The molecule has 0 radical (unpaired) electrons. The van der Waals surface area contributed by atoms with Gasteiger partial charge >= 0.3 is 0 Å². The summed E-state index contributed by atoms with van der Waals surface area (Å²) in [5.41, 5.74) is 1.05. The topological polar surface area (TPSA) is 38.3 Å². The molecule has 0 heterocycles. The van der Waals surface area contributed by atoms with Crippen LogP contribution in [0.15, 0.2) is 53.0 Å². The molecule has 0 unspecified atom stereocenters. The van der Waals surface area contributed by atoms with E-state index in [2.05, 4.69) is 21.2 Å². The van der Waals surface area contributed by atoms with Gasteiger partial charge in [0, 0.05) is 4.47 Å². The highest BCUT2D eigenvalue weighted by Crippen LogP contribution is 2.27. The molecule has 0 fully saturated rings. The Kier molecular flexibility index (Phi) is 5.65. The molecule has 1 amide bonds. The van der Waals surface area contributed by atoms with Crippen molar-refractivity contribution in [3.63, 3.8) is 0 Å². The molecule has 0 aromatic heterocycles. The molecular formula is C16H15BrClNO2. The van der Waals surface area contributed by atoms with E-state index in [1.54, 1.807) is 12.1 Å². The summed E-state index contributed by atoms with van der Waals surface area (Å²) in [6.07, 6.45) is 0. The highest BCUT2D eigenvalue weighted by Gasteiger charge is 2.10. The van der Waals surface area contributed by atoms with Gasteiger partial charge in [-0.3, -0.25) is 4.79 Å². The average Bonchev–Trinajstić information content (AvgIpc) is 2.47. The van der Waals surface area contributed by atoms with Gasteiger partial charge in [0.25, 0.3) is 5.91 Å². The summed E-state index contributed by atoms with van der Waals surface area (Å²) in [5.74, 6) is 0.299. The zero-order valence-electron chi connectivity index (χ0n) is 11.5. The Morgan fingerprint density at radius 2 is 2.00 bits per heavy atom. The molecule has 0 bridgehead atoms. The van der Waals surface area contributed by atoms with Gasteiger partial charge in [0.1, 0.15) is 5.75 Å². The zero-order chi connectivity index (χ0) is 15.2. The minimum atomic E-state index is -0.190. The van der Waals surface area contributed by atoms with Crippen LogP contribution in [0.2, 0.25) is 5.02 Å². The Morgan fingerprint density at radius 3 is 2.67 bits per heavy atom. The predicted molar refractivity (Wildman–Crippen MR) is 87.6 cm³/mol. The highest BCUT2D eigenvalue weighted by atomic mass is 79.9. The molecule has 110 valence electrons. The van der Waals surface area contributed by atoms with E-state index in [0.717, 1.165) is 10.0 Å². The number of ether oxygens (including phenoxy) is 1. The fourth-order valence-electron chi connectivity index (χ4n) is 1.84. The minimum Gasteiger partial charge on any atom is -0.482 e. The fourth-order valence-corrected chi connectivity index (χ4v) is 2.57. The quantitative estimate of drug-likeness (QED) is 0.851. The van der Waals surface area contributed by atoms with Gasteiger partial charge in [-0.25, -0.2) is 0 Å². The number of carbonyl (C=O) groups excluding carboxylic acids is 1. The molecule has 3 nitrogen and oxygen atoms in total. The van der Waals surface area contributed by atoms with E-state index in [9.17, 15) is 4.79 Å². The standard InChI is InChI=1S/C16H15BrClNO2/c1-11(12-5-3-2-4-6-12)19-16(20)10-21-15-8-7-13(17)9-14(15)18/h2-9,11H,10H2,1H3,(H,19,20)/t11-/m1/s1. The molecule has 2 aromatic carbocycles. The van der Waals surface area contributed by atoms with Crippen molar-refractivity contribution in [3.8, 4) is 5.75 Å². The molecule has 0 aliphatic heterocycles. The van der Waals surface area contributed by atoms with Crippen molar-refractivity contribution in [3.05, 3.63) is 63.6 Å². The third kappa shape index (κ3) is 4.76. The van der Waals surface area contributed by atoms with E-state index in [-0.39, 0.29) is 18.6 Å². The SMILES string of the molecule is C[C@@H](NC(=O)COc1ccc(Br)cc1Cl)c1ccccc1. The van der Waals surface area contributed by atoms with E-state index in [1.807, 2.05) is 43.3 Å². The molecule has 0 spiro atoms. The molecule has 2 aromatic rings. The van der Waals surface area contributed by atoms with Crippen LogP contribution in [0, 0.1) is 0 Å². The first kappa shape index (κ1) is 15.9. The van der Waals surface area contributed by atoms with Gasteiger partial charge in [-0.1, -0.05) is 57.9 Å². The molecule has 2 rings (SSSR count). The van der Waals surface area contributed by atoms with Gasteiger partial charge in [-0.05, 0) is 30.7 Å². The third-order valence-corrected chi connectivity index (χ3v) is 3.72. The number of hydrogen-bond acceptors (Lipinski definition) is 2. The zero-order valence-corrected chi connectivity index (χ0v) is 13.8. The summed E-state index contributed by atoms with van der Waals surface area (Å²) in [7, 11) is 0. The number of rotatable bonds is 5. The van der Waals surface area contributed by atoms with Gasteiger partial charge in [-0.2, -0.15) is 0 Å². The Hall–Kier alpha value is -1.52. The number of nitrogens with one attached hydrogen (secondary N) is 1. The summed E-state index contributed by atoms with van der Waals surface area (Å²) in [6.45, 7) is 1.86. The van der Waals surface area contributed by atoms with Crippen LogP contribution in [0.25, 0.3) is 0 Å². The molecule has 21 heavy (non-hydrogen) atoms. The molecule has 0 aliphatic carbocycles. The maximum absolute atomic E-state index is 11.9. The first-order valence-electron chi connectivity index (χ1n) is 6.48. The van der Waals surface area contributed by atoms with Crippen molar-refractivity contribution < 1.29 is 9.53 Å². The summed E-state index contributed by atoms with van der Waals surface area (Å²) < 4.78 is 6.29. The lowest BCUT2D eigenvalue weighted by Gasteiger charge is -2.15. The summed E-state index contributed by atoms with van der Waals surface area (Å²) >= 11 is 9.34. The molecule has 1 atom stereocenters. The first-order chi connectivity index (χ1) is 10.1. The lowest BCUT2D eigenvalue weighted by Crippen LogP contribution is -2.31. The molecule has 0 saturated heterocycles. The van der Waals surface area contributed by atoms with Crippen molar-refractivity contribution in [2.75, 3.05) is 6.61 Å². The van der Waals surface area contributed by atoms with Crippen LogP contribution in [-0.2, 0) is 4.79 Å². The van der Waals surface area contributed by atoms with Crippen molar-refractivity contribution in [1.29, 1.82) is 0 Å². The molecule has 0 saturated carbocycles. The fraction of sp³-hybridized carbons (Fsp3) is 0.188. The Balaban J connectivity index is 1.87. The van der Waals surface area contributed by atoms with E-state index < -0.39 is 0 Å². The summed E-state index contributed by atoms with van der Waals surface area (Å²) in [4.78, 5) is 11.9. The van der Waals surface area contributed by atoms with Crippen LogP contribution in [0.3, 0.4) is 0 Å². The average molecular weight is 369 g/mol. The predicted octanol–water partition coefficient (Wildman–Crippen LogP) is 4.36. The van der Waals surface area contributed by atoms with Gasteiger partial charge in [0.2, 0.25) is 0 Å². The monoisotopic (exact) mass is 367 g/mol. The molecule has 0 aliphatic rings. The van der Waals surface area contributed by atoms with E-state index in [0.29, 0.717) is 10.8 Å². The van der Waals surface area contributed by atoms with Gasteiger partial charge in [-0.15, -0.1) is 0 Å². The summed E-state index contributed by atoms with van der Waals surface area (Å²) in [5, 5.41) is 3.35. The van der Waals surface area contributed by atoms with E-state index >= 15 is 0 Å². The van der Waals surface area contributed by atoms with Crippen LogP contribution in [0.1, 0.15) is 18.5 Å². The number of hydrogen-bond donors (Lipinski definition) is 1. The van der Waals surface area contributed by atoms with Crippen LogP contribution in [0.5, 0.6) is 5.75 Å². The second-order valence-corrected chi connectivity index (χ2v) is 5.89. The maximum atomic E-state index is 11.9. The van der Waals surface area contributed by atoms with Crippen molar-refractivity contribution >= 4 is 33.4 Å². The Labute approximate surface area is 137 Å². The second kappa shape index (κ2) is 7.48. The van der Waals surface area contributed by atoms with Crippen molar-refractivity contribution in [2.24, 2.45) is 0 Å². The number of amides is 1. The molecular weight excluding hydrogens is 354 g/mol. The lowest BCUT2D eigenvalue weighted by molar-refractivity contribution is -0.123. The van der Waals surface area contributed by atoms with Gasteiger partial charge in [0.15, 0.2) is 6.61 Å². The summed E-state index contributed by atoms with van der Waals surface area (Å²) in [6, 6.07) is 15.0. The number of halogens is 2. The van der Waals surface area contributed by atoms with Crippen LogP contribution in [-0.4, -0.2) is 12.5 Å². The maximum Gasteiger partial charge on any atom is 0.258 e. The number of benzene rings is 2. The van der Waals surface area contributed by atoms with Crippen molar-refractivity contribution in [2.45, 2.75) is 13.0 Å². The largest absolute Gasteiger partial charge is 0.482 e. The van der Waals surface area contributed by atoms with Crippen molar-refractivity contribution in [1.82, 2.24) is 5.32 Å². The Morgan fingerprint density at radius 1 is 1.29 bits per heavy atom. The van der Waals surface area contributed by atoms with Gasteiger partial charge in [0.05, 0.1) is 11.1 Å². The first-order valence-corrected chi connectivity index (χ1v) is 7.65. The van der Waals surface area contributed by atoms with E-state index in [1.165, 1.54) is 0 Å². The second-order valence-electron chi connectivity index (χ2n) is 4.56. The van der Waals surface area contributed by atoms with Crippen LogP contribution >= 0.6 is 27.5 Å². The lowest BCUT2D eigenvalue weighted by atomic mass is 10.1.